The summed E-state index contributed by atoms with van der Waals surface area (Å²) in [6, 6.07) is 15.2. The van der Waals surface area contributed by atoms with E-state index < -0.39 is 0 Å². The van der Waals surface area contributed by atoms with E-state index in [1.165, 1.54) is 11.3 Å². The van der Waals surface area contributed by atoms with Crippen molar-refractivity contribution in [3.63, 3.8) is 0 Å². The molecule has 5 nitrogen and oxygen atoms in total. The summed E-state index contributed by atoms with van der Waals surface area (Å²) in [4.78, 5) is 12.5. The van der Waals surface area contributed by atoms with Gasteiger partial charge in [0.25, 0.3) is 0 Å². The molecule has 1 atom stereocenters. The van der Waals surface area contributed by atoms with Crippen LogP contribution < -0.4 is 10.1 Å². The van der Waals surface area contributed by atoms with Crippen molar-refractivity contribution in [2.45, 2.75) is 6.42 Å². The first-order valence-corrected chi connectivity index (χ1v) is 8.99. The number of aromatic nitrogens is 2. The molecule has 1 aromatic heterocycles. The minimum absolute atomic E-state index is 0.124. The number of anilines is 1. The monoisotopic (exact) mass is 371 g/mol. The Balaban J connectivity index is 1.45. The van der Waals surface area contributed by atoms with Gasteiger partial charge >= 0.3 is 0 Å². The minimum atomic E-state index is -0.282. The molecule has 2 heterocycles. The molecule has 4 rings (SSSR count). The van der Waals surface area contributed by atoms with Gasteiger partial charge in [-0.25, -0.2) is 0 Å². The number of ether oxygens (including phenoxy) is 1. The Labute approximate surface area is 153 Å². The van der Waals surface area contributed by atoms with Crippen molar-refractivity contribution in [2.75, 3.05) is 11.9 Å². The van der Waals surface area contributed by atoms with Crippen molar-refractivity contribution in [1.29, 1.82) is 0 Å². The molecule has 0 aliphatic carbocycles. The van der Waals surface area contributed by atoms with Crippen LogP contribution in [-0.2, 0) is 11.2 Å². The zero-order chi connectivity index (χ0) is 17.2. The zero-order valence-corrected chi connectivity index (χ0v) is 14.7. The molecule has 1 aliphatic heterocycles. The van der Waals surface area contributed by atoms with Gasteiger partial charge in [0.1, 0.15) is 17.4 Å². The first kappa shape index (κ1) is 16.1. The minimum Gasteiger partial charge on any atom is -0.492 e. The topological polar surface area (TPSA) is 64.1 Å². The second kappa shape index (κ2) is 6.82. The van der Waals surface area contributed by atoms with E-state index in [1.54, 1.807) is 6.07 Å². The maximum atomic E-state index is 12.5. The molecule has 0 bridgehead atoms. The molecule has 0 saturated heterocycles. The highest BCUT2D eigenvalue weighted by Crippen LogP contribution is 2.31. The number of benzene rings is 2. The number of hydrogen-bond donors (Lipinski definition) is 1. The van der Waals surface area contributed by atoms with Crippen LogP contribution in [0.4, 0.5) is 5.13 Å². The lowest BCUT2D eigenvalue weighted by Gasteiger charge is -2.24. The van der Waals surface area contributed by atoms with Gasteiger partial charge in [0.15, 0.2) is 0 Å². The normalized spacial score (nSPS) is 16.0. The Morgan fingerprint density at radius 1 is 1.20 bits per heavy atom. The fourth-order valence-electron chi connectivity index (χ4n) is 2.71. The Bertz CT molecular complexity index is 914. The number of nitrogens with one attached hydrogen (secondary N) is 1. The maximum Gasteiger partial charge on any atom is 0.233 e. The second-order valence-electron chi connectivity index (χ2n) is 5.73. The maximum absolute atomic E-state index is 12.5. The molecule has 7 heteroatoms. The molecule has 126 valence electrons. The number of halogens is 1. The Morgan fingerprint density at radius 2 is 2.04 bits per heavy atom. The van der Waals surface area contributed by atoms with Gasteiger partial charge in [-0.2, -0.15) is 0 Å². The summed E-state index contributed by atoms with van der Waals surface area (Å²) < 4.78 is 5.67. The summed E-state index contributed by atoms with van der Waals surface area (Å²) in [5, 5.41) is 12.9. The van der Waals surface area contributed by atoms with Crippen LogP contribution in [0.15, 0.2) is 48.5 Å². The van der Waals surface area contributed by atoms with Crippen molar-refractivity contribution in [2.24, 2.45) is 5.92 Å². The molecule has 25 heavy (non-hydrogen) atoms. The molecule has 0 spiro atoms. The highest BCUT2D eigenvalue weighted by Gasteiger charge is 2.27. The SMILES string of the molecule is O=C(Nc1nnc(-c2ccccc2)s1)C1COc2ccc(Cl)cc2C1. The largest absolute Gasteiger partial charge is 0.492 e. The third-order valence-electron chi connectivity index (χ3n) is 3.98. The summed E-state index contributed by atoms with van der Waals surface area (Å²) >= 11 is 7.37. The molecule has 1 unspecified atom stereocenters. The van der Waals surface area contributed by atoms with E-state index in [9.17, 15) is 4.79 Å². The molecule has 1 N–H and O–H groups in total. The first-order valence-electron chi connectivity index (χ1n) is 7.80. The van der Waals surface area contributed by atoms with Gasteiger partial charge < -0.3 is 10.1 Å². The van der Waals surface area contributed by atoms with Crippen LogP contribution in [0, 0.1) is 5.92 Å². The van der Waals surface area contributed by atoms with Crippen LogP contribution in [0.3, 0.4) is 0 Å². The molecule has 0 saturated carbocycles. The smallest absolute Gasteiger partial charge is 0.233 e. The lowest BCUT2D eigenvalue weighted by Crippen LogP contribution is -2.32. The van der Waals surface area contributed by atoms with Crippen LogP contribution in [0.25, 0.3) is 10.6 Å². The van der Waals surface area contributed by atoms with E-state index >= 15 is 0 Å². The number of hydrogen-bond acceptors (Lipinski definition) is 5. The Hall–Kier alpha value is -2.44. The fourth-order valence-corrected chi connectivity index (χ4v) is 3.66. The standard InChI is InChI=1S/C18H14ClN3O2S/c19-14-6-7-15-12(9-14)8-13(10-24-15)16(23)20-18-22-21-17(25-18)11-4-2-1-3-5-11/h1-7,9,13H,8,10H2,(H,20,22,23). The highest BCUT2D eigenvalue weighted by atomic mass is 35.5. The molecule has 0 radical (unpaired) electrons. The summed E-state index contributed by atoms with van der Waals surface area (Å²) in [6.07, 6.45) is 0.589. The quantitative estimate of drug-likeness (QED) is 0.754. The number of rotatable bonds is 3. The predicted octanol–water partition coefficient (Wildman–Crippen LogP) is 4.05. The van der Waals surface area contributed by atoms with Crippen LogP contribution in [0.5, 0.6) is 5.75 Å². The number of fused-ring (bicyclic) bond motifs is 1. The van der Waals surface area contributed by atoms with Crippen molar-refractivity contribution in [3.05, 3.63) is 59.1 Å². The average molecular weight is 372 g/mol. The number of amides is 1. The van der Waals surface area contributed by atoms with Gasteiger partial charge in [-0.15, -0.1) is 10.2 Å². The van der Waals surface area contributed by atoms with Gasteiger partial charge in [-0.3, -0.25) is 4.79 Å². The summed E-state index contributed by atoms with van der Waals surface area (Å²) in [7, 11) is 0. The van der Waals surface area contributed by atoms with Gasteiger partial charge in [-0.05, 0) is 30.2 Å². The van der Waals surface area contributed by atoms with Crippen LogP contribution in [0.1, 0.15) is 5.56 Å². The second-order valence-corrected chi connectivity index (χ2v) is 7.15. The summed E-state index contributed by atoms with van der Waals surface area (Å²) in [5.74, 6) is 0.382. The van der Waals surface area contributed by atoms with Gasteiger partial charge in [0.2, 0.25) is 11.0 Å². The molecular weight excluding hydrogens is 358 g/mol. The fraction of sp³-hybridized carbons (Fsp3) is 0.167. The molecule has 0 fully saturated rings. The summed E-state index contributed by atoms with van der Waals surface area (Å²) in [6.45, 7) is 0.338. The number of carbonyl (C=O) groups excluding carboxylic acids is 1. The van der Waals surface area contributed by atoms with Crippen molar-refractivity contribution in [3.8, 4) is 16.3 Å². The predicted molar refractivity (Wildman–Crippen MR) is 98.1 cm³/mol. The van der Waals surface area contributed by atoms with Crippen LogP contribution >= 0.6 is 22.9 Å². The van der Waals surface area contributed by atoms with Crippen molar-refractivity contribution >= 4 is 34.0 Å². The number of carbonyl (C=O) groups is 1. The molecular formula is C18H14ClN3O2S. The van der Waals surface area contributed by atoms with Crippen LogP contribution in [-0.4, -0.2) is 22.7 Å². The third kappa shape index (κ3) is 3.50. The lowest BCUT2D eigenvalue weighted by atomic mass is 9.96. The molecule has 2 aromatic carbocycles. The van der Waals surface area contributed by atoms with Crippen molar-refractivity contribution in [1.82, 2.24) is 10.2 Å². The van der Waals surface area contributed by atoms with Crippen LogP contribution in [0.2, 0.25) is 5.02 Å². The van der Waals surface area contributed by atoms with E-state index in [0.717, 1.165) is 21.9 Å². The zero-order valence-electron chi connectivity index (χ0n) is 13.1. The highest BCUT2D eigenvalue weighted by molar-refractivity contribution is 7.18. The van der Waals surface area contributed by atoms with Gasteiger partial charge in [-0.1, -0.05) is 53.3 Å². The third-order valence-corrected chi connectivity index (χ3v) is 5.10. The van der Waals surface area contributed by atoms with Crippen molar-refractivity contribution < 1.29 is 9.53 Å². The Kier molecular flexibility index (Phi) is 4.38. The molecule has 3 aromatic rings. The molecule has 1 aliphatic rings. The first-order chi connectivity index (χ1) is 12.2. The Morgan fingerprint density at radius 3 is 2.88 bits per heavy atom. The number of nitrogens with zero attached hydrogens (tertiary/aromatic N) is 2. The van der Waals surface area contributed by atoms with E-state index in [1.807, 2.05) is 42.5 Å². The van der Waals surface area contributed by atoms with E-state index in [-0.39, 0.29) is 11.8 Å². The summed E-state index contributed by atoms with van der Waals surface area (Å²) in [5.41, 5.74) is 1.92. The lowest BCUT2D eigenvalue weighted by molar-refractivity contribution is -0.121. The van der Waals surface area contributed by atoms with Gasteiger partial charge in [0.05, 0.1) is 5.92 Å². The average Bonchev–Trinajstić information content (AvgIpc) is 3.10. The van der Waals surface area contributed by atoms with E-state index in [2.05, 4.69) is 15.5 Å². The van der Waals surface area contributed by atoms with E-state index in [4.69, 9.17) is 16.3 Å². The molecule has 1 amide bonds. The van der Waals surface area contributed by atoms with E-state index in [0.29, 0.717) is 23.2 Å². The van der Waals surface area contributed by atoms with Gasteiger partial charge in [0, 0.05) is 10.6 Å².